The van der Waals surface area contributed by atoms with Gasteiger partial charge < -0.3 is 10.1 Å². The molecule has 0 bridgehead atoms. The van der Waals surface area contributed by atoms with E-state index in [-0.39, 0.29) is 0 Å². The SMILES string of the molecule is Cc1cccc(NC2(C#N)CCCOC2)c1. The van der Waals surface area contributed by atoms with E-state index in [0.29, 0.717) is 6.61 Å². The van der Waals surface area contributed by atoms with Crippen LogP contribution < -0.4 is 5.32 Å². The van der Waals surface area contributed by atoms with Crippen molar-refractivity contribution in [3.05, 3.63) is 29.8 Å². The Hall–Kier alpha value is -1.53. The van der Waals surface area contributed by atoms with Crippen LogP contribution in [0.1, 0.15) is 18.4 Å². The number of nitrogens with zero attached hydrogens (tertiary/aromatic N) is 1. The van der Waals surface area contributed by atoms with Crippen molar-refractivity contribution in [1.29, 1.82) is 5.26 Å². The van der Waals surface area contributed by atoms with Gasteiger partial charge in [0, 0.05) is 12.3 Å². The molecule has 1 saturated heterocycles. The second-order valence-electron chi connectivity index (χ2n) is 4.34. The van der Waals surface area contributed by atoms with Crippen LogP contribution in [-0.4, -0.2) is 18.8 Å². The average molecular weight is 216 g/mol. The highest BCUT2D eigenvalue weighted by atomic mass is 16.5. The molecule has 0 radical (unpaired) electrons. The Bertz CT molecular complexity index is 403. The van der Waals surface area contributed by atoms with E-state index < -0.39 is 5.54 Å². The van der Waals surface area contributed by atoms with Crippen LogP contribution in [0, 0.1) is 18.3 Å². The van der Waals surface area contributed by atoms with E-state index in [1.165, 1.54) is 5.56 Å². The fourth-order valence-electron chi connectivity index (χ4n) is 2.01. The Kier molecular flexibility index (Phi) is 3.12. The van der Waals surface area contributed by atoms with Crippen LogP contribution in [0.15, 0.2) is 24.3 Å². The van der Waals surface area contributed by atoms with Crippen LogP contribution in [0.4, 0.5) is 5.69 Å². The number of nitriles is 1. The maximum atomic E-state index is 9.28. The predicted octanol–water partition coefficient (Wildman–Crippen LogP) is 2.48. The zero-order valence-corrected chi connectivity index (χ0v) is 9.49. The lowest BCUT2D eigenvalue weighted by Gasteiger charge is -2.32. The molecule has 84 valence electrons. The zero-order chi connectivity index (χ0) is 11.4. The van der Waals surface area contributed by atoms with E-state index in [1.54, 1.807) is 0 Å². The summed E-state index contributed by atoms with van der Waals surface area (Å²) < 4.78 is 5.39. The molecule has 1 aliphatic heterocycles. The summed E-state index contributed by atoms with van der Waals surface area (Å²) in [6.07, 6.45) is 1.78. The summed E-state index contributed by atoms with van der Waals surface area (Å²) in [5.41, 5.74) is 1.63. The third-order valence-corrected chi connectivity index (χ3v) is 2.86. The Morgan fingerprint density at radius 2 is 2.38 bits per heavy atom. The molecule has 3 nitrogen and oxygen atoms in total. The minimum Gasteiger partial charge on any atom is -0.378 e. The largest absolute Gasteiger partial charge is 0.378 e. The van der Waals surface area contributed by atoms with E-state index in [9.17, 15) is 5.26 Å². The van der Waals surface area contributed by atoms with Crippen molar-refractivity contribution in [2.45, 2.75) is 25.3 Å². The maximum absolute atomic E-state index is 9.28. The van der Waals surface area contributed by atoms with Gasteiger partial charge in [0.1, 0.15) is 5.54 Å². The number of benzene rings is 1. The summed E-state index contributed by atoms with van der Waals surface area (Å²) in [6, 6.07) is 10.4. The van der Waals surface area contributed by atoms with Crippen LogP contribution in [0.2, 0.25) is 0 Å². The topological polar surface area (TPSA) is 45.0 Å². The van der Waals surface area contributed by atoms with Crippen molar-refractivity contribution in [2.75, 3.05) is 18.5 Å². The molecule has 16 heavy (non-hydrogen) atoms. The summed E-state index contributed by atoms with van der Waals surface area (Å²) in [6.45, 7) is 3.28. The minimum atomic E-state index is -0.550. The molecule has 1 heterocycles. The fourth-order valence-corrected chi connectivity index (χ4v) is 2.01. The van der Waals surface area contributed by atoms with E-state index in [2.05, 4.69) is 11.4 Å². The van der Waals surface area contributed by atoms with Crippen molar-refractivity contribution in [1.82, 2.24) is 0 Å². The number of rotatable bonds is 2. The minimum absolute atomic E-state index is 0.470. The molecule has 2 rings (SSSR count). The summed E-state index contributed by atoms with van der Waals surface area (Å²) in [7, 11) is 0. The van der Waals surface area contributed by atoms with Gasteiger partial charge in [0.05, 0.1) is 12.7 Å². The van der Waals surface area contributed by atoms with Gasteiger partial charge in [-0.2, -0.15) is 5.26 Å². The van der Waals surface area contributed by atoms with Gasteiger partial charge in [0.25, 0.3) is 0 Å². The first kappa shape index (κ1) is 11.0. The molecule has 1 atom stereocenters. The van der Waals surface area contributed by atoms with Gasteiger partial charge in [-0.05, 0) is 37.5 Å². The molecule has 1 fully saturated rings. The first-order chi connectivity index (χ1) is 7.74. The lowest BCUT2D eigenvalue weighted by Crippen LogP contribution is -2.44. The normalized spacial score (nSPS) is 24.8. The Morgan fingerprint density at radius 3 is 3.00 bits per heavy atom. The van der Waals surface area contributed by atoms with E-state index in [1.807, 2.05) is 31.2 Å². The first-order valence-electron chi connectivity index (χ1n) is 5.58. The van der Waals surface area contributed by atoms with Crippen molar-refractivity contribution < 1.29 is 4.74 Å². The molecule has 1 unspecified atom stereocenters. The molecule has 0 aliphatic carbocycles. The Balaban J connectivity index is 2.15. The van der Waals surface area contributed by atoms with E-state index >= 15 is 0 Å². The number of hydrogen-bond acceptors (Lipinski definition) is 3. The number of nitrogens with one attached hydrogen (secondary N) is 1. The third kappa shape index (κ3) is 2.34. The maximum Gasteiger partial charge on any atom is 0.149 e. The Morgan fingerprint density at radius 1 is 1.50 bits per heavy atom. The standard InChI is InChI=1S/C13H16N2O/c1-11-4-2-5-12(8-11)15-13(9-14)6-3-7-16-10-13/h2,4-5,8,15H,3,6-7,10H2,1H3. The summed E-state index contributed by atoms with van der Waals surface area (Å²) in [5.74, 6) is 0. The number of aryl methyl sites for hydroxylation is 1. The number of hydrogen-bond donors (Lipinski definition) is 1. The lowest BCUT2D eigenvalue weighted by atomic mass is 9.93. The second kappa shape index (κ2) is 4.54. The number of ether oxygens (including phenoxy) is 1. The molecule has 1 aromatic rings. The van der Waals surface area contributed by atoms with Crippen LogP contribution in [0.3, 0.4) is 0 Å². The van der Waals surface area contributed by atoms with E-state index in [4.69, 9.17) is 4.74 Å². The molecule has 1 N–H and O–H groups in total. The van der Waals surface area contributed by atoms with Crippen molar-refractivity contribution >= 4 is 5.69 Å². The molecule has 1 aromatic carbocycles. The highest BCUT2D eigenvalue weighted by molar-refractivity contribution is 5.49. The lowest BCUT2D eigenvalue weighted by molar-refractivity contribution is 0.0667. The molecular formula is C13H16N2O. The van der Waals surface area contributed by atoms with Gasteiger partial charge in [-0.25, -0.2) is 0 Å². The van der Waals surface area contributed by atoms with Gasteiger partial charge in [-0.3, -0.25) is 0 Å². The summed E-state index contributed by atoms with van der Waals surface area (Å²) >= 11 is 0. The second-order valence-corrected chi connectivity index (χ2v) is 4.34. The van der Waals surface area contributed by atoms with Gasteiger partial charge >= 0.3 is 0 Å². The quantitative estimate of drug-likeness (QED) is 0.826. The van der Waals surface area contributed by atoms with Crippen LogP contribution in [-0.2, 0) is 4.74 Å². The van der Waals surface area contributed by atoms with Gasteiger partial charge in [0.15, 0.2) is 0 Å². The highest BCUT2D eigenvalue weighted by Crippen LogP contribution is 2.24. The van der Waals surface area contributed by atoms with Gasteiger partial charge in [0.2, 0.25) is 0 Å². The van der Waals surface area contributed by atoms with Gasteiger partial charge in [-0.15, -0.1) is 0 Å². The smallest absolute Gasteiger partial charge is 0.149 e. The van der Waals surface area contributed by atoms with Crippen LogP contribution in [0.5, 0.6) is 0 Å². The predicted molar refractivity (Wildman–Crippen MR) is 63.2 cm³/mol. The molecule has 1 aliphatic rings. The van der Waals surface area contributed by atoms with E-state index in [0.717, 1.165) is 25.1 Å². The van der Waals surface area contributed by atoms with Crippen molar-refractivity contribution in [3.8, 4) is 6.07 Å². The molecule has 0 aromatic heterocycles. The van der Waals surface area contributed by atoms with Gasteiger partial charge in [-0.1, -0.05) is 12.1 Å². The average Bonchev–Trinajstić information content (AvgIpc) is 2.30. The highest BCUT2D eigenvalue weighted by Gasteiger charge is 2.32. The third-order valence-electron chi connectivity index (χ3n) is 2.86. The molecule has 0 spiro atoms. The molecule has 0 amide bonds. The number of anilines is 1. The molecule has 3 heteroatoms. The Labute approximate surface area is 96.0 Å². The fraction of sp³-hybridized carbons (Fsp3) is 0.462. The van der Waals surface area contributed by atoms with Crippen molar-refractivity contribution in [2.24, 2.45) is 0 Å². The molecular weight excluding hydrogens is 200 g/mol. The summed E-state index contributed by atoms with van der Waals surface area (Å²) in [5, 5.41) is 12.6. The first-order valence-corrected chi connectivity index (χ1v) is 5.58. The van der Waals surface area contributed by atoms with Crippen LogP contribution in [0.25, 0.3) is 0 Å². The van der Waals surface area contributed by atoms with Crippen LogP contribution >= 0.6 is 0 Å². The zero-order valence-electron chi connectivity index (χ0n) is 9.49. The molecule has 0 saturated carbocycles. The monoisotopic (exact) mass is 216 g/mol. The summed E-state index contributed by atoms with van der Waals surface area (Å²) in [4.78, 5) is 0. The van der Waals surface area contributed by atoms with Crippen molar-refractivity contribution in [3.63, 3.8) is 0 Å².